The molecule has 10 nitrogen and oxygen atoms in total. The fourth-order valence-corrected chi connectivity index (χ4v) is 6.98. The molecule has 3 aliphatic heterocycles. The summed E-state index contributed by atoms with van der Waals surface area (Å²) in [6.45, 7) is 9.70. The van der Waals surface area contributed by atoms with Crippen molar-refractivity contribution < 1.29 is 28.6 Å². The van der Waals surface area contributed by atoms with E-state index in [-0.39, 0.29) is 31.0 Å². The lowest BCUT2D eigenvalue weighted by Gasteiger charge is -2.37. The summed E-state index contributed by atoms with van der Waals surface area (Å²) < 4.78 is 20.5. The largest absolute Gasteiger partial charge is 0.481 e. The zero-order valence-corrected chi connectivity index (χ0v) is 26.5. The second-order valence-electron chi connectivity index (χ2n) is 12.3. The van der Waals surface area contributed by atoms with Crippen molar-refractivity contribution in [2.45, 2.75) is 59.0 Å². The third-order valence-electron chi connectivity index (χ3n) is 8.70. The van der Waals surface area contributed by atoms with E-state index in [0.717, 1.165) is 22.7 Å². The summed E-state index contributed by atoms with van der Waals surface area (Å²) in [5.41, 5.74) is 2.12. The molecule has 2 aromatic rings. The van der Waals surface area contributed by atoms with Crippen LogP contribution in [0.2, 0.25) is 0 Å². The Kier molecular flexibility index (Phi) is 9.50. The monoisotopic (exact) mass is 625 g/mol. The summed E-state index contributed by atoms with van der Waals surface area (Å²) in [5.74, 6) is -1.77. The number of carboxylic acids is 1. The number of aromatic nitrogens is 1. The van der Waals surface area contributed by atoms with Crippen molar-refractivity contribution in [1.82, 2.24) is 19.7 Å². The number of amides is 2. The molecular weight excluding hydrogens is 585 g/mol. The lowest BCUT2D eigenvalue weighted by Crippen LogP contribution is -2.52. The van der Waals surface area contributed by atoms with Gasteiger partial charge in [-0.1, -0.05) is 12.1 Å². The van der Waals surface area contributed by atoms with E-state index in [9.17, 15) is 23.9 Å². The van der Waals surface area contributed by atoms with Crippen LogP contribution in [0.1, 0.15) is 62.2 Å². The number of esters is 1. The van der Waals surface area contributed by atoms with Gasteiger partial charge in [0.15, 0.2) is 0 Å². The molecule has 12 heteroatoms. The number of hydrogen-bond donors (Lipinski definition) is 1. The van der Waals surface area contributed by atoms with E-state index in [1.807, 2.05) is 16.3 Å². The van der Waals surface area contributed by atoms with Gasteiger partial charge in [0.1, 0.15) is 16.9 Å². The van der Waals surface area contributed by atoms with Crippen molar-refractivity contribution in [2.75, 3.05) is 45.9 Å². The molecule has 2 atom stereocenters. The minimum atomic E-state index is -1.05. The number of benzene rings is 1. The van der Waals surface area contributed by atoms with Gasteiger partial charge >= 0.3 is 18.0 Å². The van der Waals surface area contributed by atoms with Crippen LogP contribution in [0.3, 0.4) is 0 Å². The highest BCUT2D eigenvalue weighted by Gasteiger charge is 2.44. The van der Waals surface area contributed by atoms with Crippen molar-refractivity contribution in [2.24, 2.45) is 10.4 Å². The lowest BCUT2D eigenvalue weighted by atomic mass is 9.87. The quantitative estimate of drug-likeness (QED) is 0.402. The molecule has 0 radical (unpaired) electrons. The maximum Gasteiger partial charge on any atom is 0.336 e. The molecule has 1 N–H and O–H groups in total. The van der Waals surface area contributed by atoms with Crippen LogP contribution < -0.4 is 0 Å². The molecule has 0 unspecified atom stereocenters. The number of urea groups is 1. The molecule has 0 spiro atoms. The van der Waals surface area contributed by atoms with E-state index < -0.39 is 23.4 Å². The van der Waals surface area contributed by atoms with Crippen LogP contribution in [-0.2, 0) is 14.3 Å². The number of fused-ring (bicyclic) bond motifs is 1. The van der Waals surface area contributed by atoms with E-state index >= 15 is 0 Å². The number of piperazine rings is 1. The zero-order valence-electron chi connectivity index (χ0n) is 25.7. The average Bonchev–Trinajstić information content (AvgIpc) is 3.60. The Balaban J connectivity index is 1.49. The molecule has 44 heavy (non-hydrogen) atoms. The van der Waals surface area contributed by atoms with Crippen LogP contribution in [0.4, 0.5) is 9.18 Å². The van der Waals surface area contributed by atoms with E-state index in [1.54, 1.807) is 44.9 Å². The Morgan fingerprint density at radius 2 is 2.00 bits per heavy atom. The van der Waals surface area contributed by atoms with E-state index in [4.69, 9.17) is 9.73 Å². The Morgan fingerprint density at radius 3 is 2.70 bits per heavy atom. The van der Waals surface area contributed by atoms with Crippen molar-refractivity contribution in [3.05, 3.63) is 62.9 Å². The van der Waals surface area contributed by atoms with Crippen LogP contribution in [0.15, 0.2) is 45.9 Å². The van der Waals surface area contributed by atoms with Crippen molar-refractivity contribution in [1.29, 1.82) is 0 Å². The average molecular weight is 626 g/mol. The molecule has 1 aromatic heterocycles. The molecule has 4 heterocycles. The number of nitrogens with zero attached hydrogens (tertiary/aromatic N) is 5. The first-order valence-electron chi connectivity index (χ1n) is 15.1. The second kappa shape index (κ2) is 13.2. The van der Waals surface area contributed by atoms with Gasteiger partial charge in [-0.3, -0.25) is 14.7 Å². The molecule has 2 amide bonds. The highest BCUT2D eigenvalue weighted by molar-refractivity contribution is 7.11. The summed E-state index contributed by atoms with van der Waals surface area (Å²) >= 11 is 1.49. The van der Waals surface area contributed by atoms with Crippen molar-refractivity contribution >= 4 is 35.0 Å². The Morgan fingerprint density at radius 1 is 1.20 bits per heavy atom. The van der Waals surface area contributed by atoms with E-state index in [2.05, 4.69) is 9.88 Å². The van der Waals surface area contributed by atoms with E-state index in [0.29, 0.717) is 62.3 Å². The molecule has 0 bridgehead atoms. The molecule has 236 valence electrons. The number of carbonyl (C=O) groups excluding carboxylic acids is 2. The molecule has 0 aliphatic carbocycles. The van der Waals surface area contributed by atoms with Crippen LogP contribution in [0, 0.1) is 18.2 Å². The van der Waals surface area contributed by atoms with Gasteiger partial charge in [0.25, 0.3) is 0 Å². The van der Waals surface area contributed by atoms with Crippen molar-refractivity contribution in [3.8, 4) is 0 Å². The first-order valence-corrected chi connectivity index (χ1v) is 16.0. The van der Waals surface area contributed by atoms with Gasteiger partial charge in [-0.05, 0) is 69.7 Å². The Labute approximate surface area is 261 Å². The first-order chi connectivity index (χ1) is 21.0. The van der Waals surface area contributed by atoms with Crippen LogP contribution in [0.5, 0.6) is 0 Å². The maximum atomic E-state index is 14.9. The van der Waals surface area contributed by atoms with Gasteiger partial charge in [0.2, 0.25) is 0 Å². The summed E-state index contributed by atoms with van der Waals surface area (Å²) in [4.78, 5) is 53.9. The maximum absolute atomic E-state index is 14.9. The fraction of sp³-hybridized carbons (Fsp3) is 0.531. The zero-order chi connectivity index (χ0) is 31.6. The summed E-state index contributed by atoms with van der Waals surface area (Å²) in [5, 5.41) is 12.3. The molecule has 3 aliphatic rings. The number of aliphatic imine (C=N–C) groups is 1. The molecule has 5 rings (SSSR count). The van der Waals surface area contributed by atoms with Gasteiger partial charge in [-0.2, -0.15) is 0 Å². The number of hydrogen-bond acceptors (Lipinski definition) is 8. The SMILES string of the molecule is CCOC(=O)/C1=C(\CN2CCN3C(=O)N(CC(C)(C)C(=O)O)C[C@@H]3C2)CCCC(c2nccs2)=N[C@H]1c1cccc(F)c1C. The molecule has 0 saturated carbocycles. The predicted molar refractivity (Wildman–Crippen MR) is 165 cm³/mol. The number of ether oxygens (including phenoxy) is 1. The highest BCUT2D eigenvalue weighted by atomic mass is 32.1. The minimum absolute atomic E-state index is 0.0863. The second-order valence-corrected chi connectivity index (χ2v) is 13.2. The predicted octanol–water partition coefficient (Wildman–Crippen LogP) is 4.70. The Bertz CT molecular complexity index is 1470. The number of halogens is 1. The standard InChI is InChI=1S/C32H40FN5O5S/c1-5-43-29(39)26-21(16-36-13-14-38-22(17-36)18-37(31(38)42)19-32(3,4)30(40)41)8-6-11-25(28-34-12-15-44-28)35-27(26)23-9-7-10-24(33)20(23)2/h7,9-10,12,15,22,27H,5-6,8,11,13-14,16-19H2,1-4H3,(H,40,41)/b26-21-,35-25?/t22-,27-/m0/s1. The highest BCUT2D eigenvalue weighted by Crippen LogP contribution is 2.37. The number of rotatable bonds is 9. The van der Waals surface area contributed by atoms with Gasteiger partial charge in [0.05, 0.1) is 29.3 Å². The normalized spacial score (nSPS) is 23.2. The lowest BCUT2D eigenvalue weighted by molar-refractivity contribution is -0.147. The number of carbonyl (C=O) groups is 3. The third-order valence-corrected chi connectivity index (χ3v) is 9.53. The topological polar surface area (TPSA) is 116 Å². The number of carboxylic acid groups (broad SMARTS) is 1. The summed E-state index contributed by atoms with van der Waals surface area (Å²) in [7, 11) is 0. The number of aliphatic carboxylic acids is 1. The summed E-state index contributed by atoms with van der Waals surface area (Å²) in [6.07, 6.45) is 3.78. The minimum Gasteiger partial charge on any atom is -0.481 e. The molecular formula is C32H40FN5O5S. The van der Waals surface area contributed by atoms with E-state index in [1.165, 1.54) is 17.4 Å². The van der Waals surface area contributed by atoms with Crippen molar-refractivity contribution in [3.63, 3.8) is 0 Å². The van der Waals surface area contributed by atoms with Crippen LogP contribution in [0.25, 0.3) is 0 Å². The molecule has 1 aromatic carbocycles. The molecule has 2 saturated heterocycles. The molecule has 2 fully saturated rings. The van der Waals surface area contributed by atoms with Gasteiger partial charge in [-0.15, -0.1) is 11.3 Å². The summed E-state index contributed by atoms with van der Waals surface area (Å²) in [6, 6.07) is 3.89. The first kappa shape index (κ1) is 31.8. The van der Waals surface area contributed by atoms with Gasteiger partial charge < -0.3 is 19.6 Å². The smallest absolute Gasteiger partial charge is 0.336 e. The Hall–Kier alpha value is -3.64. The van der Waals surface area contributed by atoms with Crippen LogP contribution in [-0.4, -0.2) is 100 Å². The van der Waals surface area contributed by atoms with Gasteiger partial charge in [-0.25, -0.2) is 19.0 Å². The third kappa shape index (κ3) is 6.56. The fourth-order valence-electron chi connectivity index (χ4n) is 6.32. The van der Waals surface area contributed by atoms with Crippen LogP contribution >= 0.6 is 11.3 Å². The van der Waals surface area contributed by atoms with Gasteiger partial charge in [0, 0.05) is 50.8 Å². The number of thiazole rings is 1.